The van der Waals surface area contributed by atoms with E-state index in [1.165, 1.54) is 24.3 Å². The summed E-state index contributed by atoms with van der Waals surface area (Å²) in [7, 11) is 0. The Hall–Kier alpha value is -5.93. The quantitative estimate of drug-likeness (QED) is 0.162. The van der Waals surface area contributed by atoms with Gasteiger partial charge in [0.1, 0.15) is 17.3 Å². The molecule has 0 amide bonds. The van der Waals surface area contributed by atoms with Gasteiger partial charge in [-0.15, -0.1) is 0 Å². The smallest absolute Gasteiger partial charge is 0.123 e. The van der Waals surface area contributed by atoms with Crippen LogP contribution < -0.4 is 5.73 Å². The predicted molar refractivity (Wildman–Crippen MR) is 192 cm³/mol. The first-order chi connectivity index (χ1) is 23.8. The van der Waals surface area contributed by atoms with Crippen LogP contribution in [-0.2, 0) is 5.54 Å². The third kappa shape index (κ3) is 7.97. The van der Waals surface area contributed by atoms with Crippen molar-refractivity contribution < 1.29 is 8.78 Å². The van der Waals surface area contributed by atoms with Crippen molar-refractivity contribution in [3.8, 4) is 22.4 Å². The van der Waals surface area contributed by atoms with Crippen molar-refractivity contribution in [1.29, 1.82) is 0 Å². The van der Waals surface area contributed by atoms with Crippen molar-refractivity contribution >= 4 is 17.5 Å². The van der Waals surface area contributed by atoms with Gasteiger partial charge in [-0.2, -0.15) is 5.10 Å². The molecule has 0 radical (unpaired) electrons. The number of aromatic amines is 1. The number of benzene rings is 3. The number of nitrogens with two attached hydrogens (primary N) is 1. The van der Waals surface area contributed by atoms with E-state index in [1.807, 2.05) is 74.7 Å². The van der Waals surface area contributed by atoms with E-state index >= 15 is 0 Å². The summed E-state index contributed by atoms with van der Waals surface area (Å²) >= 11 is 0. The second-order valence-corrected chi connectivity index (χ2v) is 12.1. The Kier molecular flexibility index (Phi) is 10.0. The van der Waals surface area contributed by atoms with Crippen molar-refractivity contribution in [3.05, 3.63) is 168 Å². The van der Waals surface area contributed by atoms with Crippen LogP contribution >= 0.6 is 0 Å². The zero-order chi connectivity index (χ0) is 34.2. The van der Waals surface area contributed by atoms with E-state index in [9.17, 15) is 8.78 Å². The van der Waals surface area contributed by atoms with Crippen molar-refractivity contribution in [2.45, 2.75) is 19.4 Å². The fourth-order valence-electron chi connectivity index (χ4n) is 5.56. The number of aromatic nitrogens is 4. The lowest BCUT2D eigenvalue weighted by Gasteiger charge is -2.19. The van der Waals surface area contributed by atoms with Gasteiger partial charge in [-0.25, -0.2) is 8.78 Å². The molecule has 0 aliphatic carbocycles. The fourth-order valence-corrected chi connectivity index (χ4v) is 5.56. The van der Waals surface area contributed by atoms with Crippen LogP contribution in [0.1, 0.15) is 36.2 Å². The summed E-state index contributed by atoms with van der Waals surface area (Å²) in [4.78, 5) is 17.5. The Bertz CT molecular complexity index is 2080. The molecule has 7 nitrogen and oxygen atoms in total. The van der Waals surface area contributed by atoms with Crippen molar-refractivity contribution in [3.63, 3.8) is 0 Å². The van der Waals surface area contributed by atoms with E-state index in [4.69, 9.17) is 10.7 Å². The Morgan fingerprint density at radius 2 is 1.31 bits per heavy atom. The molecule has 0 bridgehead atoms. The first-order valence-corrected chi connectivity index (χ1v) is 15.8. The van der Waals surface area contributed by atoms with Gasteiger partial charge in [-0.05, 0) is 109 Å². The first kappa shape index (κ1) is 33.0. The SMILES string of the molecule is CC(C)(N)c1[nH]nc(-c2ccc(F)cc2)c1-c1ccncc1.Fc1ccc(C2=NCC(CN=Cc3ccccc3)=C2c2ccncc2)cc1. The maximum absolute atomic E-state index is 13.3. The number of hydrogen-bond donors (Lipinski definition) is 2. The number of pyridine rings is 2. The van der Waals surface area contributed by atoms with Crippen LogP contribution in [0.2, 0.25) is 0 Å². The van der Waals surface area contributed by atoms with Crippen molar-refractivity contribution in [1.82, 2.24) is 20.2 Å². The lowest BCUT2D eigenvalue weighted by molar-refractivity contribution is 0.535. The minimum atomic E-state index is -0.579. The monoisotopic (exact) mass is 651 g/mol. The molecule has 0 atom stereocenters. The van der Waals surface area contributed by atoms with Gasteiger partial charge in [0.15, 0.2) is 0 Å². The molecule has 4 heterocycles. The Balaban J connectivity index is 0.000000174. The van der Waals surface area contributed by atoms with Crippen molar-refractivity contribution in [2.75, 3.05) is 13.1 Å². The molecule has 0 saturated heterocycles. The molecule has 7 rings (SSSR count). The highest BCUT2D eigenvalue weighted by molar-refractivity contribution is 6.34. The van der Waals surface area contributed by atoms with Crippen molar-refractivity contribution in [2.24, 2.45) is 15.7 Å². The van der Waals surface area contributed by atoms with E-state index in [1.54, 1.807) is 49.1 Å². The number of hydrogen-bond acceptors (Lipinski definition) is 6. The highest BCUT2D eigenvalue weighted by Crippen LogP contribution is 2.37. The van der Waals surface area contributed by atoms with Gasteiger partial charge in [0.25, 0.3) is 0 Å². The largest absolute Gasteiger partial charge is 0.321 e. The zero-order valence-electron chi connectivity index (χ0n) is 27.2. The molecule has 1 aliphatic rings. The summed E-state index contributed by atoms with van der Waals surface area (Å²) < 4.78 is 26.5. The zero-order valence-corrected chi connectivity index (χ0v) is 27.2. The molecule has 9 heteroatoms. The van der Waals surface area contributed by atoms with E-state index in [0.717, 1.165) is 61.6 Å². The summed E-state index contributed by atoms with van der Waals surface area (Å²) in [5, 5.41) is 7.45. The van der Waals surface area contributed by atoms with Gasteiger partial charge in [-0.1, -0.05) is 30.3 Å². The third-order valence-electron chi connectivity index (χ3n) is 7.92. The first-order valence-electron chi connectivity index (χ1n) is 15.8. The second kappa shape index (κ2) is 14.9. The van der Waals surface area contributed by atoms with Crippen LogP contribution in [0.15, 0.2) is 143 Å². The highest BCUT2D eigenvalue weighted by atomic mass is 19.1. The predicted octanol–water partition coefficient (Wildman–Crippen LogP) is 8.07. The molecule has 244 valence electrons. The molecule has 49 heavy (non-hydrogen) atoms. The third-order valence-corrected chi connectivity index (χ3v) is 7.92. The van der Waals surface area contributed by atoms with Gasteiger partial charge >= 0.3 is 0 Å². The average Bonchev–Trinajstić information content (AvgIpc) is 3.76. The van der Waals surface area contributed by atoms with E-state index in [0.29, 0.717) is 13.1 Å². The van der Waals surface area contributed by atoms with E-state index in [2.05, 4.69) is 25.2 Å². The Morgan fingerprint density at radius 3 is 1.90 bits per heavy atom. The van der Waals surface area contributed by atoms with Crippen LogP contribution in [0.3, 0.4) is 0 Å². The van der Waals surface area contributed by atoms with Gasteiger partial charge in [0, 0.05) is 53.3 Å². The van der Waals surface area contributed by atoms with Gasteiger partial charge in [0.2, 0.25) is 0 Å². The highest BCUT2D eigenvalue weighted by Gasteiger charge is 2.26. The summed E-state index contributed by atoms with van der Waals surface area (Å²) in [5.41, 5.74) is 16.1. The number of H-pyrrole nitrogens is 1. The normalized spacial score (nSPS) is 13.0. The summed E-state index contributed by atoms with van der Waals surface area (Å²) in [5.74, 6) is -0.524. The van der Waals surface area contributed by atoms with Crippen LogP contribution in [0, 0.1) is 11.6 Å². The van der Waals surface area contributed by atoms with Crippen LogP contribution in [-0.4, -0.2) is 45.2 Å². The standard InChI is InChI=1S/C23H18FN3.C17H17FN4/c24-21-8-6-19(7-9-21)23-22(18-10-12-25-13-11-18)20(16-27-23)15-26-14-17-4-2-1-3-5-17;1-17(2,19)16-14(11-7-9-20-10-8-11)15(21-22-16)12-3-5-13(18)6-4-12/h1-14H,15-16H2;3-10H,19H2,1-2H3,(H,21,22). The fraction of sp³-hybridized carbons (Fsp3) is 0.125. The van der Waals surface area contributed by atoms with Crippen LogP contribution in [0.5, 0.6) is 0 Å². The maximum atomic E-state index is 13.3. The molecule has 3 aromatic carbocycles. The minimum absolute atomic E-state index is 0.250. The second-order valence-electron chi connectivity index (χ2n) is 12.1. The summed E-state index contributed by atoms with van der Waals surface area (Å²) in [6.07, 6.45) is 8.88. The summed E-state index contributed by atoms with van der Waals surface area (Å²) in [6, 6.07) is 30.5. The number of aliphatic imine (C=N–C) groups is 2. The maximum Gasteiger partial charge on any atom is 0.123 e. The number of halogens is 2. The lowest BCUT2D eigenvalue weighted by atomic mass is 9.91. The average molecular weight is 652 g/mol. The number of rotatable bonds is 8. The lowest BCUT2D eigenvalue weighted by Crippen LogP contribution is -2.29. The molecule has 0 spiro atoms. The topological polar surface area (TPSA) is 105 Å². The molecule has 0 unspecified atom stereocenters. The molecule has 3 N–H and O–H groups in total. The molecule has 6 aromatic rings. The van der Waals surface area contributed by atoms with Crippen LogP contribution in [0.25, 0.3) is 28.0 Å². The van der Waals surface area contributed by atoms with E-state index < -0.39 is 5.54 Å². The molecule has 0 saturated carbocycles. The number of allylic oxidation sites excluding steroid dienone is 1. The Morgan fingerprint density at radius 1 is 0.735 bits per heavy atom. The molecular weight excluding hydrogens is 616 g/mol. The van der Waals surface area contributed by atoms with Gasteiger partial charge in [0.05, 0.1) is 30.0 Å². The van der Waals surface area contributed by atoms with E-state index in [-0.39, 0.29) is 11.6 Å². The molecule has 0 fully saturated rings. The molecule has 3 aromatic heterocycles. The number of nitrogens with one attached hydrogen (secondary N) is 1. The van der Waals surface area contributed by atoms with Gasteiger partial charge < -0.3 is 5.73 Å². The molecule has 1 aliphatic heterocycles. The Labute approximate surface area is 284 Å². The molecular formula is C40H35F2N7. The number of nitrogens with zero attached hydrogens (tertiary/aromatic N) is 5. The summed E-state index contributed by atoms with van der Waals surface area (Å²) in [6.45, 7) is 5.00. The van der Waals surface area contributed by atoms with Crippen LogP contribution in [0.4, 0.5) is 8.78 Å². The van der Waals surface area contributed by atoms with Gasteiger partial charge in [-0.3, -0.25) is 25.1 Å². The minimum Gasteiger partial charge on any atom is -0.321 e.